The van der Waals surface area contributed by atoms with Crippen LogP contribution in [0.25, 0.3) is 10.8 Å². The van der Waals surface area contributed by atoms with Crippen LogP contribution >= 0.6 is 24.4 Å². The number of sulfone groups is 1. The molecule has 29 heteroatoms. The first-order valence-electron chi connectivity index (χ1n) is 15.4. The van der Waals surface area contributed by atoms with Crippen molar-refractivity contribution in [3.05, 3.63) is 82.9 Å². The van der Waals surface area contributed by atoms with E-state index in [-0.39, 0.29) is 62.9 Å². The fraction of sp³-hybridized carbons (Fsp3) is 0.0667. The topological polar surface area (TPSA) is 373 Å². The van der Waals surface area contributed by atoms with Gasteiger partial charge in [-0.3, -0.25) is 18.9 Å². The molecule has 310 valence electrons. The van der Waals surface area contributed by atoms with Crippen molar-refractivity contribution in [2.24, 2.45) is 30.7 Å². The van der Waals surface area contributed by atoms with Crippen molar-refractivity contribution in [1.82, 2.24) is 0 Å². The third kappa shape index (κ3) is 11.0. The van der Waals surface area contributed by atoms with Gasteiger partial charge in [-0.05, 0) is 66.0 Å². The molecule has 0 atom stereocenters. The quantitative estimate of drug-likeness (QED) is 0.00827. The predicted octanol–water partition coefficient (Wildman–Crippen LogP) is 8.27. The molecule has 0 radical (unpaired) electrons. The Kier molecular flexibility index (Phi) is 14.4. The third-order valence-electron chi connectivity index (χ3n) is 7.36. The summed E-state index contributed by atoms with van der Waals surface area (Å²) >= 11 is 0.473. The molecular formula is C30H23N7O18S4. The van der Waals surface area contributed by atoms with Gasteiger partial charge >= 0.3 is 0 Å². The first kappa shape index (κ1) is 44.1. The second kappa shape index (κ2) is 19.2. The van der Waals surface area contributed by atoms with Crippen molar-refractivity contribution in [3.8, 4) is 23.0 Å². The number of nitro benzene ring substituents is 1. The highest BCUT2D eigenvalue weighted by molar-refractivity contribution is 7.94. The van der Waals surface area contributed by atoms with Gasteiger partial charge in [0.2, 0.25) is 0 Å². The third-order valence-corrected chi connectivity index (χ3v) is 10.9. The van der Waals surface area contributed by atoms with Crippen LogP contribution in [-0.4, -0.2) is 69.6 Å². The Balaban J connectivity index is 1.54. The number of nitrogens with zero attached hydrogens (tertiary/aromatic N) is 7. The highest BCUT2D eigenvalue weighted by atomic mass is 32.2. The number of fused-ring (bicyclic) bond motifs is 1. The van der Waals surface area contributed by atoms with Gasteiger partial charge in [0.05, 0.1) is 66.8 Å². The molecule has 0 unspecified atom stereocenters. The summed E-state index contributed by atoms with van der Waals surface area (Å²) in [5.74, 6) is -3.38. The molecule has 0 spiro atoms. The summed E-state index contributed by atoms with van der Waals surface area (Å²) in [5, 5.41) is 101. The first-order chi connectivity index (χ1) is 28.0. The summed E-state index contributed by atoms with van der Waals surface area (Å²) in [4.78, 5) is 9.16. The largest absolute Gasteiger partial charge is 0.505 e. The molecule has 0 bridgehead atoms. The molecule has 0 aliphatic carbocycles. The van der Waals surface area contributed by atoms with Crippen LogP contribution in [0, 0.1) is 10.1 Å². The van der Waals surface area contributed by atoms with Crippen molar-refractivity contribution in [2.45, 2.75) is 14.7 Å². The highest BCUT2D eigenvalue weighted by Crippen LogP contribution is 2.49. The van der Waals surface area contributed by atoms with Gasteiger partial charge in [0, 0.05) is 6.07 Å². The highest BCUT2D eigenvalue weighted by Gasteiger charge is 2.23. The summed E-state index contributed by atoms with van der Waals surface area (Å²) in [5.41, 5.74) is -2.56. The van der Waals surface area contributed by atoms with Gasteiger partial charge < -0.3 is 20.4 Å². The Labute approximate surface area is 337 Å². The maximum atomic E-state index is 12.6. The number of phenols is 4. The monoisotopic (exact) mass is 897 g/mol. The SMILES string of the molecule is O=[N+]([O-])c1ccc(/N=N/c2c(O)ccc(/N=N\c3cc(S(=O)(=O)O)cc4cc(SOOO)c(/N=N/c5ccc(S(=O)(=O)CCOSOOO)cc5)c(O)c34)c2O)c(O)c1. The van der Waals surface area contributed by atoms with Gasteiger partial charge in [0.1, 0.15) is 28.6 Å². The molecule has 5 aromatic carbocycles. The molecule has 0 fully saturated rings. The number of benzene rings is 5. The maximum Gasteiger partial charge on any atom is 0.294 e. The van der Waals surface area contributed by atoms with Gasteiger partial charge in [-0.15, -0.1) is 34.2 Å². The maximum absolute atomic E-state index is 12.6. The van der Waals surface area contributed by atoms with Crippen LogP contribution < -0.4 is 0 Å². The lowest BCUT2D eigenvalue weighted by Gasteiger charge is -2.12. The molecule has 5 aromatic rings. The van der Waals surface area contributed by atoms with E-state index in [1.54, 1.807) is 0 Å². The van der Waals surface area contributed by atoms with E-state index in [0.717, 1.165) is 42.5 Å². The second-order valence-corrected chi connectivity index (χ2v) is 15.8. The zero-order chi connectivity index (χ0) is 42.9. The van der Waals surface area contributed by atoms with Crippen molar-refractivity contribution in [2.75, 3.05) is 12.4 Å². The van der Waals surface area contributed by atoms with Crippen molar-refractivity contribution in [3.63, 3.8) is 0 Å². The van der Waals surface area contributed by atoms with Crippen LogP contribution in [0.3, 0.4) is 0 Å². The molecule has 25 nitrogen and oxygen atoms in total. The number of aromatic hydroxyl groups is 4. The molecule has 0 aromatic heterocycles. The van der Waals surface area contributed by atoms with Crippen molar-refractivity contribution < 1.29 is 80.2 Å². The van der Waals surface area contributed by atoms with Gasteiger partial charge in [-0.1, -0.05) is 10.1 Å². The molecule has 0 aliphatic heterocycles. The minimum atomic E-state index is -4.95. The van der Waals surface area contributed by atoms with Crippen LogP contribution in [0.1, 0.15) is 0 Å². The van der Waals surface area contributed by atoms with Gasteiger partial charge in [0.15, 0.2) is 39.3 Å². The van der Waals surface area contributed by atoms with Crippen LogP contribution in [0.15, 0.2) is 118 Å². The Hall–Kier alpha value is -5.96. The average molecular weight is 898 g/mol. The molecule has 0 aliphatic rings. The summed E-state index contributed by atoms with van der Waals surface area (Å²) < 4.78 is 72.9. The lowest BCUT2D eigenvalue weighted by Crippen LogP contribution is -2.10. The van der Waals surface area contributed by atoms with Crippen LogP contribution in [-0.2, 0) is 42.9 Å². The van der Waals surface area contributed by atoms with E-state index >= 15 is 0 Å². The van der Waals surface area contributed by atoms with Crippen molar-refractivity contribution in [1.29, 1.82) is 0 Å². The summed E-state index contributed by atoms with van der Waals surface area (Å²) in [6, 6.07) is 12.7. The number of phenolic OH excluding ortho intramolecular Hbond substituents is 4. The Morgan fingerprint density at radius 2 is 1.34 bits per heavy atom. The van der Waals surface area contributed by atoms with Gasteiger partial charge in [-0.2, -0.15) is 13.5 Å². The minimum Gasteiger partial charge on any atom is -0.505 e. The van der Waals surface area contributed by atoms with Crippen LogP contribution in [0.5, 0.6) is 23.0 Å². The Morgan fingerprint density at radius 3 is 2.00 bits per heavy atom. The molecule has 59 heavy (non-hydrogen) atoms. The van der Waals surface area contributed by atoms with Gasteiger partial charge in [-0.25, -0.2) is 18.9 Å². The first-order valence-corrected chi connectivity index (χ1v) is 19.9. The summed E-state index contributed by atoms with van der Waals surface area (Å²) in [7, 11) is -8.82. The molecule has 0 saturated carbocycles. The smallest absolute Gasteiger partial charge is 0.294 e. The van der Waals surface area contributed by atoms with Crippen molar-refractivity contribution >= 4 is 94.9 Å². The van der Waals surface area contributed by atoms with E-state index in [1.807, 2.05) is 0 Å². The fourth-order valence-corrected chi connectivity index (χ4v) is 7.13. The van der Waals surface area contributed by atoms with E-state index in [4.69, 9.17) is 14.7 Å². The number of hydrogen-bond acceptors (Lipinski definition) is 25. The Bertz CT molecular complexity index is 2700. The second-order valence-electron chi connectivity index (χ2n) is 11.0. The fourth-order valence-electron chi connectivity index (χ4n) is 4.69. The van der Waals surface area contributed by atoms with E-state index in [1.165, 1.54) is 30.3 Å². The number of hydrogen-bond donors (Lipinski definition) is 7. The number of rotatable bonds is 18. The molecule has 0 amide bonds. The molecule has 0 heterocycles. The van der Waals surface area contributed by atoms with Crippen LogP contribution in [0.2, 0.25) is 0 Å². The lowest BCUT2D eigenvalue weighted by molar-refractivity contribution is -0.434. The number of non-ortho nitro benzene ring substituents is 1. The zero-order valence-corrected chi connectivity index (χ0v) is 32.0. The number of azo groups is 3. The van der Waals surface area contributed by atoms with Gasteiger partial charge in [0.25, 0.3) is 15.8 Å². The van der Waals surface area contributed by atoms with E-state index in [9.17, 15) is 51.9 Å². The molecule has 7 N–H and O–H groups in total. The van der Waals surface area contributed by atoms with E-state index < -0.39 is 87.0 Å². The summed E-state index contributed by atoms with van der Waals surface area (Å²) in [6.45, 7) is -0.339. The zero-order valence-electron chi connectivity index (χ0n) is 28.7. The Morgan fingerprint density at radius 1 is 0.678 bits per heavy atom. The average Bonchev–Trinajstić information content (AvgIpc) is 3.19. The number of nitro groups is 1. The molecule has 0 saturated heterocycles. The van der Waals surface area contributed by atoms with E-state index in [0.29, 0.717) is 0 Å². The summed E-state index contributed by atoms with van der Waals surface area (Å²) in [6.07, 6.45) is 0. The predicted molar refractivity (Wildman–Crippen MR) is 200 cm³/mol. The lowest BCUT2D eigenvalue weighted by atomic mass is 10.1. The molecular weight excluding hydrogens is 875 g/mol. The minimum absolute atomic E-state index is 0.0557. The van der Waals surface area contributed by atoms with E-state index in [2.05, 4.69) is 49.4 Å². The standard InChI is InChI=1S/C30H23N7O18S4/c38-23-8-7-21(29(40)27(23)35-32-20-6-3-17(37(42)43)13-24(20)39)33-34-22-14-19(59(48,49)50)11-15-12-25(56-54-52-44)28(30(41)26(15)22)36-31-16-1-4-18(5-2-16)58(46,47)10-9-51-57-55-53-45/h1-8,11-14,38-41,44-45H,9-10H2,(H,48,49,50)/b34-33-,35-32+,36-31+. The normalized spacial score (nSPS) is 12.4. The van der Waals surface area contributed by atoms with Crippen LogP contribution in [0.4, 0.5) is 39.8 Å². The molecule has 5 rings (SSSR count).